The first-order valence-corrected chi connectivity index (χ1v) is 6.16. The van der Waals surface area contributed by atoms with E-state index >= 15 is 0 Å². The molecule has 0 aliphatic heterocycles. The average Bonchev–Trinajstić information content (AvgIpc) is 2.90. The summed E-state index contributed by atoms with van der Waals surface area (Å²) in [5, 5.41) is 9.23. The Bertz CT molecular complexity index is 776. The van der Waals surface area contributed by atoms with E-state index < -0.39 is 11.7 Å². The number of aromatic nitrogens is 1. The van der Waals surface area contributed by atoms with Crippen molar-refractivity contribution < 1.29 is 22.7 Å². The van der Waals surface area contributed by atoms with Gasteiger partial charge in [-0.05, 0) is 30.3 Å². The first-order chi connectivity index (χ1) is 9.99. The van der Waals surface area contributed by atoms with Crippen LogP contribution in [0.5, 0.6) is 0 Å². The largest absolute Gasteiger partial charge is 0.436 e. The zero-order chi connectivity index (χ0) is 15.0. The summed E-state index contributed by atoms with van der Waals surface area (Å²) in [6.45, 7) is -0.184. The lowest BCUT2D eigenvalue weighted by Gasteiger charge is -2.05. The van der Waals surface area contributed by atoms with E-state index in [0.29, 0.717) is 22.2 Å². The number of benzene rings is 2. The minimum atomic E-state index is -4.37. The van der Waals surface area contributed by atoms with Crippen LogP contribution in [0.25, 0.3) is 22.6 Å². The van der Waals surface area contributed by atoms with Gasteiger partial charge in [0.1, 0.15) is 5.52 Å². The van der Waals surface area contributed by atoms with E-state index in [4.69, 9.17) is 4.42 Å². The number of para-hydroxylation sites is 1. The molecule has 0 unspecified atom stereocenters. The highest BCUT2D eigenvalue weighted by molar-refractivity contribution is 5.79. The van der Waals surface area contributed by atoms with E-state index in [1.54, 1.807) is 18.2 Å². The maximum atomic E-state index is 12.5. The number of oxazole rings is 1. The second-order valence-corrected chi connectivity index (χ2v) is 4.52. The minimum Gasteiger partial charge on any atom is -0.436 e. The predicted molar refractivity (Wildman–Crippen MR) is 70.4 cm³/mol. The average molecular weight is 293 g/mol. The van der Waals surface area contributed by atoms with Crippen molar-refractivity contribution in [1.29, 1.82) is 0 Å². The lowest BCUT2D eigenvalue weighted by Crippen LogP contribution is -2.03. The summed E-state index contributed by atoms with van der Waals surface area (Å²) in [5.74, 6) is 0.222. The molecule has 0 atom stereocenters. The monoisotopic (exact) mass is 293 g/mol. The van der Waals surface area contributed by atoms with Gasteiger partial charge in [-0.1, -0.05) is 12.1 Å². The first-order valence-electron chi connectivity index (χ1n) is 6.16. The van der Waals surface area contributed by atoms with Gasteiger partial charge in [-0.15, -0.1) is 0 Å². The van der Waals surface area contributed by atoms with Crippen LogP contribution in [0.15, 0.2) is 46.9 Å². The first kappa shape index (κ1) is 13.6. The summed E-state index contributed by atoms with van der Waals surface area (Å²) < 4.78 is 43.1. The zero-order valence-corrected chi connectivity index (χ0v) is 10.7. The van der Waals surface area contributed by atoms with Gasteiger partial charge < -0.3 is 9.52 Å². The van der Waals surface area contributed by atoms with E-state index in [1.165, 1.54) is 12.1 Å². The van der Waals surface area contributed by atoms with Gasteiger partial charge in [0.25, 0.3) is 0 Å². The number of hydrogen-bond donors (Lipinski definition) is 1. The number of nitrogens with zero attached hydrogens (tertiary/aromatic N) is 1. The maximum Gasteiger partial charge on any atom is 0.416 e. The molecule has 0 spiro atoms. The molecule has 0 saturated carbocycles. The molecule has 0 radical (unpaired) electrons. The molecule has 3 rings (SSSR count). The molecule has 0 saturated heterocycles. The molecule has 6 heteroatoms. The van der Waals surface area contributed by atoms with Gasteiger partial charge >= 0.3 is 6.18 Å². The fourth-order valence-electron chi connectivity index (χ4n) is 2.06. The van der Waals surface area contributed by atoms with Crippen molar-refractivity contribution in [3.05, 3.63) is 53.6 Å². The van der Waals surface area contributed by atoms with E-state index in [2.05, 4.69) is 4.98 Å². The molecule has 1 aromatic heterocycles. The lowest BCUT2D eigenvalue weighted by molar-refractivity contribution is -0.137. The molecule has 0 aliphatic carbocycles. The number of aliphatic hydroxyl groups excluding tert-OH is 1. The molecule has 2 aromatic carbocycles. The van der Waals surface area contributed by atoms with Crippen LogP contribution in [0.1, 0.15) is 11.1 Å². The summed E-state index contributed by atoms with van der Waals surface area (Å²) >= 11 is 0. The third kappa shape index (κ3) is 2.50. The molecule has 108 valence electrons. The molecule has 3 aromatic rings. The van der Waals surface area contributed by atoms with Gasteiger partial charge in [-0.3, -0.25) is 0 Å². The predicted octanol–water partition coefficient (Wildman–Crippen LogP) is 4.01. The van der Waals surface area contributed by atoms with Crippen LogP contribution in [-0.2, 0) is 12.8 Å². The molecule has 1 heterocycles. The molecule has 0 aliphatic rings. The van der Waals surface area contributed by atoms with Crippen LogP contribution in [0.3, 0.4) is 0 Å². The van der Waals surface area contributed by atoms with E-state index in [1.807, 2.05) is 0 Å². The maximum absolute atomic E-state index is 12.5. The van der Waals surface area contributed by atoms with E-state index in [0.717, 1.165) is 12.1 Å². The molecule has 0 bridgehead atoms. The van der Waals surface area contributed by atoms with Gasteiger partial charge in [-0.25, -0.2) is 4.98 Å². The van der Waals surface area contributed by atoms with Gasteiger partial charge in [0, 0.05) is 11.1 Å². The fourth-order valence-corrected chi connectivity index (χ4v) is 2.06. The van der Waals surface area contributed by atoms with Crippen LogP contribution in [0.4, 0.5) is 13.2 Å². The summed E-state index contributed by atoms with van der Waals surface area (Å²) in [7, 11) is 0. The molecular formula is C15H10F3NO2. The second kappa shape index (κ2) is 4.89. The van der Waals surface area contributed by atoms with Gasteiger partial charge in [0.2, 0.25) is 5.89 Å². The number of halogens is 3. The highest BCUT2D eigenvalue weighted by atomic mass is 19.4. The van der Waals surface area contributed by atoms with Crippen molar-refractivity contribution in [3.8, 4) is 11.5 Å². The molecule has 0 amide bonds. The number of fused-ring (bicyclic) bond motifs is 1. The summed E-state index contributed by atoms with van der Waals surface area (Å²) in [4.78, 5) is 4.24. The molecule has 3 nitrogen and oxygen atoms in total. The Balaban J connectivity index is 2.04. The Kier molecular flexibility index (Phi) is 3.17. The topological polar surface area (TPSA) is 46.3 Å². The Hall–Kier alpha value is -2.34. The highest BCUT2D eigenvalue weighted by Gasteiger charge is 2.30. The van der Waals surface area contributed by atoms with Crippen molar-refractivity contribution >= 4 is 11.1 Å². The summed E-state index contributed by atoms with van der Waals surface area (Å²) in [6, 6.07) is 9.71. The highest BCUT2D eigenvalue weighted by Crippen LogP contribution is 2.32. The Morgan fingerprint density at radius 1 is 1.05 bits per heavy atom. The Morgan fingerprint density at radius 2 is 1.76 bits per heavy atom. The Morgan fingerprint density at radius 3 is 2.38 bits per heavy atom. The molecular weight excluding hydrogens is 283 g/mol. The van der Waals surface area contributed by atoms with Gasteiger partial charge in [-0.2, -0.15) is 13.2 Å². The lowest BCUT2D eigenvalue weighted by atomic mass is 10.1. The number of rotatable bonds is 2. The molecule has 0 fully saturated rings. The van der Waals surface area contributed by atoms with Crippen LogP contribution in [0, 0.1) is 0 Å². The quantitative estimate of drug-likeness (QED) is 0.776. The smallest absolute Gasteiger partial charge is 0.416 e. The standard InChI is InChI=1S/C15H10F3NO2/c16-15(17,18)11-6-4-9(5-7-11)14-19-13-10(8-20)2-1-3-12(13)21-14/h1-7,20H,8H2. The number of alkyl halides is 3. The van der Waals surface area contributed by atoms with Crippen molar-refractivity contribution in [1.82, 2.24) is 4.98 Å². The van der Waals surface area contributed by atoms with Crippen molar-refractivity contribution in [3.63, 3.8) is 0 Å². The molecule has 1 N–H and O–H groups in total. The van der Waals surface area contributed by atoms with Crippen LogP contribution in [0.2, 0.25) is 0 Å². The van der Waals surface area contributed by atoms with Crippen molar-refractivity contribution in [2.24, 2.45) is 0 Å². The van der Waals surface area contributed by atoms with Crippen LogP contribution in [-0.4, -0.2) is 10.1 Å². The van der Waals surface area contributed by atoms with Crippen molar-refractivity contribution in [2.75, 3.05) is 0 Å². The summed E-state index contributed by atoms with van der Waals surface area (Å²) in [5.41, 5.74) is 1.32. The number of aliphatic hydroxyl groups is 1. The number of hydrogen-bond acceptors (Lipinski definition) is 3. The van der Waals surface area contributed by atoms with Crippen LogP contribution < -0.4 is 0 Å². The van der Waals surface area contributed by atoms with Crippen LogP contribution >= 0.6 is 0 Å². The second-order valence-electron chi connectivity index (χ2n) is 4.52. The minimum absolute atomic E-state index is 0.184. The van der Waals surface area contributed by atoms with E-state index in [9.17, 15) is 18.3 Å². The van der Waals surface area contributed by atoms with E-state index in [-0.39, 0.29) is 12.5 Å². The fraction of sp³-hybridized carbons (Fsp3) is 0.133. The summed E-state index contributed by atoms with van der Waals surface area (Å²) in [6.07, 6.45) is -4.37. The molecule has 21 heavy (non-hydrogen) atoms. The van der Waals surface area contributed by atoms with Crippen molar-refractivity contribution in [2.45, 2.75) is 12.8 Å². The Labute approximate surface area is 117 Å². The normalized spacial score (nSPS) is 12.0. The third-order valence-corrected chi connectivity index (χ3v) is 3.13. The van der Waals surface area contributed by atoms with Gasteiger partial charge in [0.05, 0.1) is 12.2 Å². The SMILES string of the molecule is OCc1cccc2oc(-c3ccc(C(F)(F)F)cc3)nc12. The van der Waals surface area contributed by atoms with Gasteiger partial charge in [0.15, 0.2) is 5.58 Å². The zero-order valence-electron chi connectivity index (χ0n) is 10.7. The third-order valence-electron chi connectivity index (χ3n) is 3.13.